The van der Waals surface area contributed by atoms with Gasteiger partial charge >= 0.3 is 0 Å². The SMILES string of the molecule is CN(C(=O)c1ccc(F)cc1O)c1ccccc1CN. The number of benzene rings is 2. The maximum atomic E-state index is 13.0. The third-order valence-corrected chi connectivity index (χ3v) is 3.07. The van der Waals surface area contributed by atoms with E-state index in [4.69, 9.17) is 5.73 Å². The van der Waals surface area contributed by atoms with Crippen LogP contribution >= 0.6 is 0 Å². The lowest BCUT2D eigenvalue weighted by molar-refractivity contribution is 0.0990. The number of carbonyl (C=O) groups is 1. The standard InChI is InChI=1S/C15H15FN2O2/c1-18(13-5-3-2-4-10(13)9-17)15(20)12-7-6-11(16)8-14(12)19/h2-8,19H,9,17H2,1H3. The van der Waals surface area contributed by atoms with E-state index < -0.39 is 11.7 Å². The van der Waals surface area contributed by atoms with Crippen molar-refractivity contribution in [2.45, 2.75) is 6.54 Å². The van der Waals surface area contributed by atoms with Crippen molar-refractivity contribution in [3.63, 3.8) is 0 Å². The maximum absolute atomic E-state index is 13.0. The Morgan fingerprint density at radius 2 is 2.00 bits per heavy atom. The Balaban J connectivity index is 2.37. The second kappa shape index (κ2) is 5.71. The number of phenols is 1. The van der Waals surface area contributed by atoms with E-state index in [1.54, 1.807) is 19.2 Å². The molecule has 4 nitrogen and oxygen atoms in total. The maximum Gasteiger partial charge on any atom is 0.261 e. The second-order valence-electron chi connectivity index (χ2n) is 4.36. The van der Waals surface area contributed by atoms with Crippen LogP contribution in [0.3, 0.4) is 0 Å². The van der Waals surface area contributed by atoms with Crippen molar-refractivity contribution in [3.05, 3.63) is 59.4 Å². The molecule has 2 rings (SSSR count). The molecule has 0 unspecified atom stereocenters. The fraction of sp³-hybridized carbons (Fsp3) is 0.133. The van der Waals surface area contributed by atoms with Crippen molar-refractivity contribution in [2.24, 2.45) is 5.73 Å². The molecule has 20 heavy (non-hydrogen) atoms. The number of hydrogen-bond acceptors (Lipinski definition) is 3. The molecule has 2 aromatic rings. The van der Waals surface area contributed by atoms with Crippen LogP contribution in [-0.4, -0.2) is 18.1 Å². The molecule has 1 amide bonds. The molecule has 0 saturated heterocycles. The number of phenolic OH excluding ortho intramolecular Hbond substituents is 1. The third-order valence-electron chi connectivity index (χ3n) is 3.07. The summed E-state index contributed by atoms with van der Waals surface area (Å²) in [5, 5.41) is 9.67. The Labute approximate surface area is 116 Å². The monoisotopic (exact) mass is 274 g/mol. The molecule has 0 radical (unpaired) electrons. The van der Waals surface area contributed by atoms with E-state index in [9.17, 15) is 14.3 Å². The first-order valence-corrected chi connectivity index (χ1v) is 6.09. The Morgan fingerprint density at radius 1 is 1.30 bits per heavy atom. The molecular weight excluding hydrogens is 259 g/mol. The predicted molar refractivity (Wildman–Crippen MR) is 75.1 cm³/mol. The number of anilines is 1. The normalized spacial score (nSPS) is 10.3. The Hall–Kier alpha value is -2.40. The van der Waals surface area contributed by atoms with E-state index in [2.05, 4.69) is 0 Å². The Bertz CT molecular complexity index is 644. The summed E-state index contributed by atoms with van der Waals surface area (Å²) in [7, 11) is 1.58. The van der Waals surface area contributed by atoms with E-state index in [-0.39, 0.29) is 11.3 Å². The van der Waals surface area contributed by atoms with Gasteiger partial charge < -0.3 is 15.7 Å². The first kappa shape index (κ1) is 14.0. The number of nitrogens with zero attached hydrogens (tertiary/aromatic N) is 1. The summed E-state index contributed by atoms with van der Waals surface area (Å²) in [5.41, 5.74) is 7.15. The van der Waals surface area contributed by atoms with E-state index in [1.165, 1.54) is 11.0 Å². The van der Waals surface area contributed by atoms with Crippen LogP contribution in [-0.2, 0) is 6.54 Å². The largest absolute Gasteiger partial charge is 0.507 e. The van der Waals surface area contributed by atoms with Crippen LogP contribution < -0.4 is 10.6 Å². The first-order chi connectivity index (χ1) is 9.54. The predicted octanol–water partition coefficient (Wildman–Crippen LogP) is 2.27. The summed E-state index contributed by atoms with van der Waals surface area (Å²) in [6.07, 6.45) is 0. The van der Waals surface area contributed by atoms with Gasteiger partial charge in [0.25, 0.3) is 5.91 Å². The molecule has 0 bridgehead atoms. The highest BCUT2D eigenvalue weighted by Crippen LogP contribution is 2.24. The number of amides is 1. The van der Waals surface area contributed by atoms with Crippen molar-refractivity contribution < 1.29 is 14.3 Å². The van der Waals surface area contributed by atoms with Gasteiger partial charge in [0.2, 0.25) is 0 Å². The van der Waals surface area contributed by atoms with Gasteiger partial charge in [0.05, 0.1) is 5.56 Å². The smallest absolute Gasteiger partial charge is 0.261 e. The number of halogens is 1. The van der Waals surface area contributed by atoms with Gasteiger partial charge in [-0.3, -0.25) is 4.79 Å². The summed E-state index contributed by atoms with van der Waals surface area (Å²) in [5.74, 6) is -1.40. The van der Waals surface area contributed by atoms with Gasteiger partial charge in [-0.15, -0.1) is 0 Å². The zero-order valence-electron chi connectivity index (χ0n) is 11.0. The van der Waals surface area contributed by atoms with Crippen molar-refractivity contribution >= 4 is 11.6 Å². The van der Waals surface area contributed by atoms with Crippen LogP contribution in [0.5, 0.6) is 5.75 Å². The van der Waals surface area contributed by atoms with Crippen molar-refractivity contribution in [1.82, 2.24) is 0 Å². The summed E-state index contributed by atoms with van der Waals surface area (Å²) in [6, 6.07) is 10.5. The molecule has 0 aliphatic heterocycles. The lowest BCUT2D eigenvalue weighted by atomic mass is 10.1. The van der Waals surface area contributed by atoms with E-state index in [0.717, 1.165) is 17.7 Å². The quantitative estimate of drug-likeness (QED) is 0.902. The number of aromatic hydroxyl groups is 1. The first-order valence-electron chi connectivity index (χ1n) is 6.09. The zero-order chi connectivity index (χ0) is 14.7. The minimum absolute atomic E-state index is 0.0423. The molecule has 0 atom stereocenters. The fourth-order valence-corrected chi connectivity index (χ4v) is 1.99. The van der Waals surface area contributed by atoms with Gasteiger partial charge in [0, 0.05) is 25.3 Å². The van der Waals surface area contributed by atoms with E-state index in [0.29, 0.717) is 12.2 Å². The van der Waals surface area contributed by atoms with Crippen molar-refractivity contribution in [1.29, 1.82) is 0 Å². The highest BCUT2D eigenvalue weighted by molar-refractivity contribution is 6.07. The number of hydrogen-bond donors (Lipinski definition) is 2. The molecule has 0 heterocycles. The fourth-order valence-electron chi connectivity index (χ4n) is 1.99. The summed E-state index contributed by atoms with van der Waals surface area (Å²) in [6.45, 7) is 0.295. The topological polar surface area (TPSA) is 66.6 Å². The minimum Gasteiger partial charge on any atom is -0.507 e. The molecule has 5 heteroatoms. The van der Waals surface area contributed by atoms with Gasteiger partial charge in [-0.1, -0.05) is 18.2 Å². The van der Waals surface area contributed by atoms with Crippen LogP contribution in [0, 0.1) is 5.82 Å². The highest BCUT2D eigenvalue weighted by atomic mass is 19.1. The molecule has 0 saturated carbocycles. The average Bonchev–Trinajstić information content (AvgIpc) is 2.45. The Morgan fingerprint density at radius 3 is 2.65 bits per heavy atom. The summed E-state index contributed by atoms with van der Waals surface area (Å²) >= 11 is 0. The van der Waals surface area contributed by atoms with Crippen molar-refractivity contribution in [3.8, 4) is 5.75 Å². The zero-order valence-corrected chi connectivity index (χ0v) is 11.0. The van der Waals surface area contributed by atoms with Crippen LogP contribution in [0.1, 0.15) is 15.9 Å². The minimum atomic E-state index is -0.593. The molecule has 0 fully saturated rings. The number of nitrogens with two attached hydrogens (primary N) is 1. The van der Waals surface area contributed by atoms with E-state index in [1.807, 2.05) is 12.1 Å². The lowest BCUT2D eigenvalue weighted by Gasteiger charge is -2.20. The molecule has 0 aromatic heterocycles. The Kier molecular flexibility index (Phi) is 4.00. The number of rotatable bonds is 3. The lowest BCUT2D eigenvalue weighted by Crippen LogP contribution is -2.27. The van der Waals surface area contributed by atoms with Gasteiger partial charge in [-0.05, 0) is 23.8 Å². The highest BCUT2D eigenvalue weighted by Gasteiger charge is 2.19. The number of carbonyl (C=O) groups excluding carboxylic acids is 1. The van der Waals surface area contributed by atoms with Gasteiger partial charge in [0.15, 0.2) is 0 Å². The second-order valence-corrected chi connectivity index (χ2v) is 4.36. The van der Waals surface area contributed by atoms with Gasteiger partial charge in [-0.2, -0.15) is 0 Å². The molecule has 0 spiro atoms. The van der Waals surface area contributed by atoms with Crippen LogP contribution in [0.4, 0.5) is 10.1 Å². The molecule has 0 aliphatic rings. The van der Waals surface area contributed by atoms with Crippen LogP contribution in [0.15, 0.2) is 42.5 Å². The molecule has 0 aliphatic carbocycles. The average molecular weight is 274 g/mol. The molecular formula is C15H15FN2O2. The summed E-state index contributed by atoms with van der Waals surface area (Å²) < 4.78 is 13.0. The molecule has 3 N–H and O–H groups in total. The van der Waals surface area contributed by atoms with Crippen LogP contribution in [0.25, 0.3) is 0 Å². The number of para-hydroxylation sites is 1. The third kappa shape index (κ3) is 2.62. The summed E-state index contributed by atoms with van der Waals surface area (Å²) in [4.78, 5) is 13.7. The molecule has 2 aromatic carbocycles. The molecule has 104 valence electrons. The van der Waals surface area contributed by atoms with E-state index >= 15 is 0 Å². The van der Waals surface area contributed by atoms with Crippen LogP contribution in [0.2, 0.25) is 0 Å². The van der Waals surface area contributed by atoms with Crippen molar-refractivity contribution in [2.75, 3.05) is 11.9 Å². The van der Waals surface area contributed by atoms with Gasteiger partial charge in [-0.25, -0.2) is 4.39 Å². The van der Waals surface area contributed by atoms with Gasteiger partial charge in [0.1, 0.15) is 11.6 Å².